The van der Waals surface area contributed by atoms with Gasteiger partial charge in [-0.1, -0.05) is 6.58 Å². The van der Waals surface area contributed by atoms with E-state index in [4.69, 9.17) is 0 Å². The van der Waals surface area contributed by atoms with Crippen LogP contribution < -0.4 is 0 Å². The number of aromatic nitrogens is 1. The van der Waals surface area contributed by atoms with Gasteiger partial charge in [-0.2, -0.15) is 0 Å². The third-order valence-corrected chi connectivity index (χ3v) is 1.53. The third-order valence-electron chi connectivity index (χ3n) is 1.53. The monoisotopic (exact) mass is 199 g/mol. The van der Waals surface area contributed by atoms with E-state index in [0.717, 1.165) is 13.2 Å². The SMILES string of the molecule is C=Cc1nc(C(=O)OC)c(F)cc1F. The van der Waals surface area contributed by atoms with Gasteiger partial charge in [0.05, 0.1) is 12.8 Å². The molecule has 0 aliphatic rings. The van der Waals surface area contributed by atoms with Crippen LogP contribution in [0.15, 0.2) is 12.6 Å². The van der Waals surface area contributed by atoms with E-state index >= 15 is 0 Å². The van der Waals surface area contributed by atoms with Gasteiger partial charge in [0.1, 0.15) is 0 Å². The maximum Gasteiger partial charge on any atom is 0.359 e. The molecule has 0 atom stereocenters. The summed E-state index contributed by atoms with van der Waals surface area (Å²) < 4.78 is 30.1. The molecule has 14 heavy (non-hydrogen) atoms. The van der Waals surface area contributed by atoms with Gasteiger partial charge in [-0.15, -0.1) is 0 Å². The normalized spacial score (nSPS) is 9.64. The number of hydrogen-bond donors (Lipinski definition) is 0. The molecule has 0 spiro atoms. The van der Waals surface area contributed by atoms with Crippen molar-refractivity contribution in [2.75, 3.05) is 7.11 Å². The first-order chi connectivity index (χ1) is 6.60. The molecule has 0 saturated carbocycles. The van der Waals surface area contributed by atoms with Crippen molar-refractivity contribution in [1.82, 2.24) is 4.98 Å². The molecule has 0 aliphatic carbocycles. The molecule has 1 heterocycles. The number of ether oxygens (including phenoxy) is 1. The molecule has 0 amide bonds. The molecule has 5 heteroatoms. The molecular weight excluding hydrogens is 192 g/mol. The van der Waals surface area contributed by atoms with Gasteiger partial charge in [-0.05, 0) is 6.08 Å². The molecule has 74 valence electrons. The zero-order chi connectivity index (χ0) is 10.7. The zero-order valence-corrected chi connectivity index (χ0v) is 7.38. The van der Waals surface area contributed by atoms with Gasteiger partial charge in [0.2, 0.25) is 0 Å². The molecule has 0 aromatic carbocycles. The van der Waals surface area contributed by atoms with E-state index < -0.39 is 23.3 Å². The van der Waals surface area contributed by atoms with Crippen molar-refractivity contribution >= 4 is 12.0 Å². The molecule has 0 aliphatic heterocycles. The van der Waals surface area contributed by atoms with Crippen molar-refractivity contribution in [3.05, 3.63) is 35.7 Å². The lowest BCUT2D eigenvalue weighted by Gasteiger charge is -2.02. The number of hydrogen-bond acceptors (Lipinski definition) is 3. The Morgan fingerprint density at radius 1 is 1.57 bits per heavy atom. The number of carbonyl (C=O) groups excluding carboxylic acids is 1. The van der Waals surface area contributed by atoms with Crippen LogP contribution >= 0.6 is 0 Å². The number of pyridine rings is 1. The van der Waals surface area contributed by atoms with Crippen LogP contribution in [0.4, 0.5) is 8.78 Å². The Labute approximate surface area is 79.0 Å². The summed E-state index contributed by atoms with van der Waals surface area (Å²) in [6, 6.07) is 0.566. The van der Waals surface area contributed by atoms with Crippen molar-refractivity contribution in [3.63, 3.8) is 0 Å². The predicted molar refractivity (Wildman–Crippen MR) is 45.6 cm³/mol. The fraction of sp³-hybridized carbons (Fsp3) is 0.111. The maximum absolute atomic E-state index is 13.0. The third kappa shape index (κ3) is 1.76. The van der Waals surface area contributed by atoms with Crippen molar-refractivity contribution in [2.45, 2.75) is 0 Å². The minimum atomic E-state index is -1.06. The van der Waals surface area contributed by atoms with Crippen LogP contribution in [0, 0.1) is 11.6 Å². The van der Waals surface area contributed by atoms with E-state index in [9.17, 15) is 13.6 Å². The molecule has 3 nitrogen and oxygen atoms in total. The number of esters is 1. The number of halogens is 2. The van der Waals surface area contributed by atoms with Gasteiger partial charge in [0.15, 0.2) is 17.3 Å². The van der Waals surface area contributed by atoms with Gasteiger partial charge in [0.25, 0.3) is 0 Å². The molecule has 0 radical (unpaired) electrons. The van der Waals surface area contributed by atoms with Crippen molar-refractivity contribution in [3.8, 4) is 0 Å². The first kappa shape index (κ1) is 10.3. The molecule has 1 rings (SSSR count). The topological polar surface area (TPSA) is 39.2 Å². The van der Waals surface area contributed by atoms with Crippen LogP contribution in [0.1, 0.15) is 16.2 Å². The summed E-state index contributed by atoms with van der Waals surface area (Å²) in [5.41, 5.74) is -0.740. The minimum Gasteiger partial charge on any atom is -0.464 e. The van der Waals surface area contributed by atoms with E-state index in [1.54, 1.807) is 0 Å². The Morgan fingerprint density at radius 2 is 2.21 bits per heavy atom. The van der Waals surface area contributed by atoms with Crippen LogP contribution in [0.25, 0.3) is 6.08 Å². The summed E-state index contributed by atoms with van der Waals surface area (Å²) in [7, 11) is 1.08. The van der Waals surface area contributed by atoms with Gasteiger partial charge in [0, 0.05) is 6.07 Å². The maximum atomic E-state index is 13.0. The average molecular weight is 199 g/mol. The molecule has 1 aromatic heterocycles. The molecule has 0 bridgehead atoms. The zero-order valence-electron chi connectivity index (χ0n) is 7.38. The lowest BCUT2D eigenvalue weighted by molar-refractivity contribution is 0.0588. The summed E-state index contributed by atoms with van der Waals surface area (Å²) in [6.45, 7) is 3.27. The van der Waals surface area contributed by atoms with E-state index in [1.807, 2.05) is 0 Å². The number of carbonyl (C=O) groups is 1. The summed E-state index contributed by atoms with van der Waals surface area (Å²) in [6.07, 6.45) is 1.08. The lowest BCUT2D eigenvalue weighted by atomic mass is 10.2. The highest BCUT2D eigenvalue weighted by molar-refractivity contribution is 5.87. The first-order valence-corrected chi connectivity index (χ1v) is 3.67. The number of rotatable bonds is 2. The molecule has 1 aromatic rings. The Balaban J connectivity index is 3.30. The standard InChI is InChI=1S/C9H7F2NO2/c1-3-7-5(10)4-6(11)8(12-7)9(13)14-2/h3-4H,1H2,2H3. The highest BCUT2D eigenvalue weighted by atomic mass is 19.1. The fourth-order valence-electron chi connectivity index (χ4n) is 0.864. The van der Waals surface area contributed by atoms with E-state index in [1.165, 1.54) is 0 Å². The van der Waals surface area contributed by atoms with Crippen LogP contribution in [0.2, 0.25) is 0 Å². The first-order valence-electron chi connectivity index (χ1n) is 3.67. The second-order valence-electron chi connectivity index (χ2n) is 2.38. The lowest BCUT2D eigenvalue weighted by Crippen LogP contribution is -2.09. The minimum absolute atomic E-state index is 0.188. The second kappa shape index (κ2) is 3.95. The smallest absolute Gasteiger partial charge is 0.359 e. The van der Waals surface area contributed by atoms with E-state index in [2.05, 4.69) is 16.3 Å². The Hall–Kier alpha value is -1.78. The van der Waals surface area contributed by atoms with Crippen LogP contribution in [-0.2, 0) is 4.74 Å². The van der Waals surface area contributed by atoms with Crippen LogP contribution in [-0.4, -0.2) is 18.1 Å². The average Bonchev–Trinajstić information content (AvgIpc) is 2.17. The van der Waals surface area contributed by atoms with Crippen molar-refractivity contribution in [1.29, 1.82) is 0 Å². The Bertz CT molecular complexity index is 391. The van der Waals surface area contributed by atoms with Crippen LogP contribution in [0.5, 0.6) is 0 Å². The summed E-state index contributed by atoms with van der Waals surface area (Å²) >= 11 is 0. The highest BCUT2D eigenvalue weighted by Crippen LogP contribution is 2.12. The van der Waals surface area contributed by atoms with Gasteiger partial charge >= 0.3 is 5.97 Å². The Kier molecular flexibility index (Phi) is 2.91. The second-order valence-corrected chi connectivity index (χ2v) is 2.38. The van der Waals surface area contributed by atoms with E-state index in [-0.39, 0.29) is 5.69 Å². The predicted octanol–water partition coefficient (Wildman–Crippen LogP) is 1.79. The highest BCUT2D eigenvalue weighted by Gasteiger charge is 2.16. The Morgan fingerprint density at radius 3 is 2.71 bits per heavy atom. The van der Waals surface area contributed by atoms with E-state index in [0.29, 0.717) is 6.07 Å². The van der Waals surface area contributed by atoms with Gasteiger partial charge < -0.3 is 4.74 Å². The quantitative estimate of drug-likeness (QED) is 0.681. The molecule has 0 fully saturated rings. The van der Waals surface area contributed by atoms with Gasteiger partial charge in [-0.3, -0.25) is 0 Å². The summed E-state index contributed by atoms with van der Waals surface area (Å²) in [5.74, 6) is -2.88. The molecule has 0 unspecified atom stereocenters. The summed E-state index contributed by atoms with van der Waals surface area (Å²) in [5, 5.41) is 0. The van der Waals surface area contributed by atoms with Crippen molar-refractivity contribution in [2.24, 2.45) is 0 Å². The van der Waals surface area contributed by atoms with Crippen LogP contribution in [0.3, 0.4) is 0 Å². The number of nitrogens with zero attached hydrogens (tertiary/aromatic N) is 1. The molecular formula is C9H7F2NO2. The molecule has 0 saturated heterocycles. The largest absolute Gasteiger partial charge is 0.464 e. The number of methoxy groups -OCH3 is 1. The van der Waals surface area contributed by atoms with Crippen molar-refractivity contribution < 1.29 is 18.3 Å². The fourth-order valence-corrected chi connectivity index (χ4v) is 0.864. The summed E-state index contributed by atoms with van der Waals surface area (Å²) in [4.78, 5) is 14.4. The van der Waals surface area contributed by atoms with Gasteiger partial charge in [-0.25, -0.2) is 18.6 Å². The molecule has 0 N–H and O–H groups in total.